The Morgan fingerprint density at radius 3 is 2.44 bits per heavy atom. The number of sulfone groups is 1. The van der Waals surface area contributed by atoms with Crippen molar-refractivity contribution in [3.8, 4) is 11.6 Å². The first-order chi connectivity index (χ1) is 15.0. The van der Waals surface area contributed by atoms with Gasteiger partial charge in [0, 0.05) is 11.8 Å². The summed E-state index contributed by atoms with van der Waals surface area (Å²) in [6.45, 7) is 2.97. The fraction of sp³-hybridized carbons (Fsp3) is 0.294. The Morgan fingerprint density at radius 2 is 1.81 bits per heavy atom. The molecule has 15 heteroatoms. The van der Waals surface area contributed by atoms with Gasteiger partial charge < -0.3 is 9.47 Å². The summed E-state index contributed by atoms with van der Waals surface area (Å²) < 4.78 is 64.1. The molecular formula is C17H20N6O7S2. The van der Waals surface area contributed by atoms with E-state index in [0.717, 1.165) is 4.40 Å². The molecule has 0 bridgehead atoms. The number of amides is 2. The van der Waals surface area contributed by atoms with Crippen molar-refractivity contribution in [2.24, 2.45) is 0 Å². The summed E-state index contributed by atoms with van der Waals surface area (Å²) in [7, 11) is -6.06. The fourth-order valence-electron chi connectivity index (χ4n) is 2.68. The number of imidazole rings is 1. The Labute approximate surface area is 183 Å². The highest BCUT2D eigenvalue weighted by Crippen LogP contribution is 2.25. The van der Waals surface area contributed by atoms with Crippen LogP contribution >= 0.6 is 0 Å². The summed E-state index contributed by atoms with van der Waals surface area (Å²) >= 11 is 0. The van der Waals surface area contributed by atoms with Crippen molar-refractivity contribution in [1.82, 2.24) is 24.1 Å². The second-order valence-electron chi connectivity index (χ2n) is 6.36. The van der Waals surface area contributed by atoms with E-state index in [4.69, 9.17) is 9.47 Å². The first-order valence-electron chi connectivity index (χ1n) is 9.03. The van der Waals surface area contributed by atoms with Gasteiger partial charge in [-0.05, 0) is 19.1 Å². The summed E-state index contributed by atoms with van der Waals surface area (Å²) in [4.78, 5) is 24.2. The van der Waals surface area contributed by atoms with Gasteiger partial charge in [0.1, 0.15) is 11.4 Å². The summed E-state index contributed by atoms with van der Waals surface area (Å²) in [5.41, 5.74) is 0.491. The SMILES string of the molecule is CCS(=O)(=O)c1nc2ccc(OC)cn2c1S(=O)(=O)NC(=O)Nc1nc(C)cc(OC)n1. The zero-order valence-corrected chi connectivity index (χ0v) is 19.1. The number of carbonyl (C=O) groups excluding carboxylic acids is 1. The molecule has 3 aromatic heterocycles. The van der Waals surface area contributed by atoms with Gasteiger partial charge in [0.15, 0.2) is 19.9 Å². The molecule has 0 aliphatic rings. The summed E-state index contributed by atoms with van der Waals surface area (Å²) in [6, 6.07) is 3.17. The number of anilines is 1. The normalized spacial score (nSPS) is 11.9. The average molecular weight is 485 g/mol. The number of nitrogens with one attached hydrogen (secondary N) is 2. The van der Waals surface area contributed by atoms with Crippen molar-refractivity contribution in [2.75, 3.05) is 25.3 Å². The number of hydrogen-bond acceptors (Lipinski definition) is 10. The predicted octanol–water partition coefficient (Wildman–Crippen LogP) is 0.754. The molecule has 13 nitrogen and oxygen atoms in total. The second-order valence-corrected chi connectivity index (χ2v) is 10.1. The van der Waals surface area contributed by atoms with E-state index in [2.05, 4.69) is 20.3 Å². The van der Waals surface area contributed by atoms with Gasteiger partial charge in [0.25, 0.3) is 10.0 Å². The molecular weight excluding hydrogens is 464 g/mol. The molecule has 0 aromatic carbocycles. The molecule has 0 saturated carbocycles. The molecule has 0 saturated heterocycles. The number of aromatic nitrogens is 4. The second kappa shape index (κ2) is 8.58. The van der Waals surface area contributed by atoms with E-state index in [1.54, 1.807) is 11.6 Å². The minimum atomic E-state index is -4.72. The van der Waals surface area contributed by atoms with E-state index in [1.807, 2.05) is 0 Å². The van der Waals surface area contributed by atoms with Crippen LogP contribution in [-0.4, -0.2) is 62.2 Å². The molecule has 0 aliphatic carbocycles. The van der Waals surface area contributed by atoms with E-state index < -0.39 is 41.7 Å². The highest BCUT2D eigenvalue weighted by Gasteiger charge is 2.33. The van der Waals surface area contributed by atoms with Crippen LogP contribution in [0.1, 0.15) is 12.6 Å². The van der Waals surface area contributed by atoms with E-state index in [-0.39, 0.29) is 23.2 Å². The van der Waals surface area contributed by atoms with Crippen LogP contribution in [0.3, 0.4) is 0 Å². The molecule has 0 aliphatic heterocycles. The maximum absolute atomic E-state index is 13.1. The van der Waals surface area contributed by atoms with Crippen molar-refractivity contribution < 1.29 is 31.1 Å². The zero-order chi connectivity index (χ0) is 23.7. The number of ether oxygens (including phenoxy) is 2. The van der Waals surface area contributed by atoms with Crippen molar-refractivity contribution in [2.45, 2.75) is 23.9 Å². The molecule has 0 fully saturated rings. The van der Waals surface area contributed by atoms with E-state index in [9.17, 15) is 21.6 Å². The molecule has 3 heterocycles. The van der Waals surface area contributed by atoms with Crippen molar-refractivity contribution in [1.29, 1.82) is 0 Å². The summed E-state index contributed by atoms with van der Waals surface area (Å²) in [5.74, 6) is -0.215. The van der Waals surface area contributed by atoms with Crippen LogP contribution in [-0.2, 0) is 19.9 Å². The van der Waals surface area contributed by atoms with Gasteiger partial charge in [0.2, 0.25) is 11.8 Å². The number of hydrogen-bond donors (Lipinski definition) is 2. The lowest BCUT2D eigenvalue weighted by Gasteiger charge is -2.10. The molecule has 32 heavy (non-hydrogen) atoms. The number of carbonyl (C=O) groups is 1. The topological polar surface area (TPSA) is 171 Å². The molecule has 2 amide bonds. The van der Waals surface area contributed by atoms with Gasteiger partial charge >= 0.3 is 6.03 Å². The summed E-state index contributed by atoms with van der Waals surface area (Å²) in [5, 5.41) is 0.760. The molecule has 0 spiro atoms. The van der Waals surface area contributed by atoms with Gasteiger partial charge in [-0.2, -0.15) is 13.4 Å². The van der Waals surface area contributed by atoms with Gasteiger partial charge in [-0.25, -0.2) is 27.9 Å². The van der Waals surface area contributed by atoms with Crippen LogP contribution in [0.25, 0.3) is 5.65 Å². The van der Waals surface area contributed by atoms with Crippen LogP contribution in [0.2, 0.25) is 0 Å². The minimum Gasteiger partial charge on any atom is -0.495 e. The first kappa shape index (κ1) is 23.2. The number of aryl methyl sites for hydroxylation is 1. The Balaban J connectivity index is 2.05. The van der Waals surface area contributed by atoms with Crippen LogP contribution in [0.5, 0.6) is 11.6 Å². The van der Waals surface area contributed by atoms with Gasteiger partial charge in [-0.3, -0.25) is 9.72 Å². The van der Waals surface area contributed by atoms with E-state index in [1.165, 1.54) is 45.5 Å². The van der Waals surface area contributed by atoms with Gasteiger partial charge in [-0.1, -0.05) is 6.92 Å². The highest BCUT2D eigenvalue weighted by atomic mass is 32.2. The maximum Gasteiger partial charge on any atom is 0.335 e. The van der Waals surface area contributed by atoms with Crippen LogP contribution in [0.15, 0.2) is 34.4 Å². The Bertz CT molecular complexity index is 1400. The number of nitrogens with zero attached hydrogens (tertiary/aromatic N) is 4. The minimum absolute atomic E-state index is 0.0327. The molecule has 3 rings (SSSR count). The largest absolute Gasteiger partial charge is 0.495 e. The van der Waals surface area contributed by atoms with Crippen molar-refractivity contribution >= 4 is 37.5 Å². The lowest BCUT2D eigenvalue weighted by Crippen LogP contribution is -2.36. The molecule has 0 atom stereocenters. The third kappa shape index (κ3) is 4.57. The number of methoxy groups -OCH3 is 2. The third-order valence-electron chi connectivity index (χ3n) is 4.17. The Hall–Kier alpha value is -3.46. The zero-order valence-electron chi connectivity index (χ0n) is 17.5. The Morgan fingerprint density at radius 1 is 1.09 bits per heavy atom. The fourth-order valence-corrected chi connectivity index (χ4v) is 5.34. The van der Waals surface area contributed by atoms with Gasteiger partial charge in [0.05, 0.1) is 26.2 Å². The van der Waals surface area contributed by atoms with Crippen LogP contribution in [0, 0.1) is 6.92 Å². The predicted molar refractivity (Wildman–Crippen MR) is 112 cm³/mol. The van der Waals surface area contributed by atoms with Crippen LogP contribution < -0.4 is 19.5 Å². The molecule has 3 aromatic rings. The lowest BCUT2D eigenvalue weighted by molar-refractivity contribution is 0.256. The molecule has 172 valence electrons. The van der Waals surface area contributed by atoms with Crippen LogP contribution in [0.4, 0.5) is 10.7 Å². The number of urea groups is 1. The number of sulfonamides is 1. The maximum atomic E-state index is 13.1. The lowest BCUT2D eigenvalue weighted by atomic mass is 10.4. The van der Waals surface area contributed by atoms with Crippen molar-refractivity contribution in [3.63, 3.8) is 0 Å². The third-order valence-corrected chi connectivity index (χ3v) is 7.29. The molecule has 0 radical (unpaired) electrons. The van der Waals surface area contributed by atoms with E-state index >= 15 is 0 Å². The number of fused-ring (bicyclic) bond motifs is 1. The summed E-state index contributed by atoms with van der Waals surface area (Å²) in [6.07, 6.45) is 1.25. The first-order valence-corrected chi connectivity index (χ1v) is 12.2. The monoisotopic (exact) mass is 484 g/mol. The van der Waals surface area contributed by atoms with E-state index in [0.29, 0.717) is 5.69 Å². The highest BCUT2D eigenvalue weighted by molar-refractivity contribution is 7.93. The Kier molecular flexibility index (Phi) is 6.23. The van der Waals surface area contributed by atoms with Gasteiger partial charge in [-0.15, -0.1) is 0 Å². The molecule has 2 N–H and O–H groups in total. The number of pyridine rings is 1. The standard InChI is InChI=1S/C17H20N6O7S2/c1-5-31(25,26)14-15(23-9-11(29-3)6-7-12(23)19-14)32(27,28)22-17(24)21-16-18-10(2)8-13(20-16)30-4/h6-9H,5H2,1-4H3,(H2,18,20,21,22,24). The molecule has 0 unspecified atom stereocenters. The number of rotatable bonds is 7. The smallest absolute Gasteiger partial charge is 0.335 e. The quantitative estimate of drug-likeness (QED) is 0.487. The average Bonchev–Trinajstić information content (AvgIpc) is 3.13. The van der Waals surface area contributed by atoms with Crippen molar-refractivity contribution in [3.05, 3.63) is 30.1 Å².